The second-order valence-corrected chi connectivity index (χ2v) is 7.17. The summed E-state index contributed by atoms with van der Waals surface area (Å²) < 4.78 is 49.5. The Bertz CT molecular complexity index is 503. The van der Waals surface area contributed by atoms with Gasteiger partial charge in [-0.2, -0.15) is 0 Å². The SMILES string of the molecule is CC(CCBr)CCS(=O)(=O)c1ccc(F)c(F)c1. The summed E-state index contributed by atoms with van der Waals surface area (Å²) in [5, 5.41) is 0.819. The van der Waals surface area contributed by atoms with Crippen LogP contribution >= 0.6 is 15.9 Å². The van der Waals surface area contributed by atoms with E-state index < -0.39 is 21.5 Å². The lowest BCUT2D eigenvalue weighted by Crippen LogP contribution is -2.11. The van der Waals surface area contributed by atoms with Gasteiger partial charge in [-0.05, 0) is 37.0 Å². The van der Waals surface area contributed by atoms with E-state index in [4.69, 9.17) is 0 Å². The molecule has 0 N–H and O–H groups in total. The average molecular weight is 341 g/mol. The van der Waals surface area contributed by atoms with Crippen molar-refractivity contribution in [1.29, 1.82) is 0 Å². The summed E-state index contributed by atoms with van der Waals surface area (Å²) in [6.07, 6.45) is 1.39. The van der Waals surface area contributed by atoms with E-state index in [1.165, 1.54) is 0 Å². The highest BCUT2D eigenvalue weighted by Crippen LogP contribution is 2.18. The van der Waals surface area contributed by atoms with Crippen molar-refractivity contribution in [3.63, 3.8) is 0 Å². The lowest BCUT2D eigenvalue weighted by atomic mass is 10.1. The summed E-state index contributed by atoms with van der Waals surface area (Å²) in [6, 6.07) is 2.67. The minimum Gasteiger partial charge on any atom is -0.224 e. The highest BCUT2D eigenvalue weighted by Gasteiger charge is 2.17. The zero-order valence-corrected chi connectivity index (χ0v) is 12.4. The molecule has 0 saturated carbocycles. The van der Waals surface area contributed by atoms with Crippen LogP contribution in [0.15, 0.2) is 23.1 Å². The van der Waals surface area contributed by atoms with Gasteiger partial charge in [0.05, 0.1) is 10.6 Å². The number of sulfone groups is 1. The number of hydrogen-bond acceptors (Lipinski definition) is 2. The molecule has 1 rings (SSSR count). The Morgan fingerprint density at radius 2 is 1.89 bits per heavy atom. The molecule has 0 bridgehead atoms. The highest BCUT2D eigenvalue weighted by atomic mass is 79.9. The van der Waals surface area contributed by atoms with Gasteiger partial charge >= 0.3 is 0 Å². The maximum absolute atomic E-state index is 13.0. The van der Waals surface area contributed by atoms with Crippen LogP contribution in [0.4, 0.5) is 8.78 Å². The number of alkyl halides is 1. The molecule has 102 valence electrons. The fraction of sp³-hybridized carbons (Fsp3) is 0.500. The molecule has 1 aromatic rings. The Morgan fingerprint density at radius 1 is 1.22 bits per heavy atom. The van der Waals surface area contributed by atoms with E-state index in [2.05, 4.69) is 15.9 Å². The van der Waals surface area contributed by atoms with Crippen molar-refractivity contribution in [2.45, 2.75) is 24.7 Å². The van der Waals surface area contributed by atoms with Gasteiger partial charge in [0.15, 0.2) is 21.5 Å². The second kappa shape index (κ2) is 6.61. The van der Waals surface area contributed by atoms with Gasteiger partial charge in [0.2, 0.25) is 0 Å². The fourth-order valence-electron chi connectivity index (χ4n) is 1.48. The van der Waals surface area contributed by atoms with Crippen LogP contribution in [0.2, 0.25) is 0 Å². The summed E-state index contributed by atoms with van der Waals surface area (Å²) >= 11 is 3.29. The first kappa shape index (κ1) is 15.6. The molecular formula is C12H15BrF2O2S. The molecule has 0 aliphatic rings. The lowest BCUT2D eigenvalue weighted by Gasteiger charge is -2.10. The fourth-order valence-corrected chi connectivity index (χ4v) is 3.76. The molecule has 2 nitrogen and oxygen atoms in total. The van der Waals surface area contributed by atoms with Crippen LogP contribution in [0.3, 0.4) is 0 Å². The molecular weight excluding hydrogens is 326 g/mol. The number of rotatable bonds is 6. The van der Waals surface area contributed by atoms with Crippen LogP contribution < -0.4 is 0 Å². The number of halogens is 3. The van der Waals surface area contributed by atoms with Crippen molar-refractivity contribution >= 4 is 25.8 Å². The van der Waals surface area contributed by atoms with E-state index >= 15 is 0 Å². The van der Waals surface area contributed by atoms with E-state index in [1.54, 1.807) is 0 Å². The first-order valence-electron chi connectivity index (χ1n) is 5.60. The van der Waals surface area contributed by atoms with Crippen molar-refractivity contribution in [2.24, 2.45) is 5.92 Å². The smallest absolute Gasteiger partial charge is 0.178 e. The van der Waals surface area contributed by atoms with Crippen molar-refractivity contribution in [3.8, 4) is 0 Å². The summed E-state index contributed by atoms with van der Waals surface area (Å²) in [5.41, 5.74) is 0. The highest BCUT2D eigenvalue weighted by molar-refractivity contribution is 9.09. The Labute approximate surface area is 114 Å². The number of benzene rings is 1. The molecule has 1 aromatic carbocycles. The summed E-state index contributed by atoms with van der Waals surface area (Å²) in [5.74, 6) is -1.96. The van der Waals surface area contributed by atoms with Crippen LogP contribution in [-0.2, 0) is 9.84 Å². The first-order valence-corrected chi connectivity index (χ1v) is 8.38. The first-order chi connectivity index (χ1) is 8.36. The predicted molar refractivity (Wildman–Crippen MR) is 70.6 cm³/mol. The molecule has 0 radical (unpaired) electrons. The molecule has 0 spiro atoms. The van der Waals surface area contributed by atoms with Gasteiger partial charge in [0, 0.05) is 5.33 Å². The summed E-state index contributed by atoms with van der Waals surface area (Å²) in [6.45, 7) is 1.96. The molecule has 0 aromatic heterocycles. The van der Waals surface area contributed by atoms with Crippen LogP contribution in [0.25, 0.3) is 0 Å². The zero-order chi connectivity index (χ0) is 13.8. The van der Waals surface area contributed by atoms with Gasteiger partial charge in [0.25, 0.3) is 0 Å². The quantitative estimate of drug-likeness (QED) is 0.586. The van der Waals surface area contributed by atoms with Gasteiger partial charge in [-0.25, -0.2) is 17.2 Å². The summed E-state index contributed by atoms with van der Waals surface area (Å²) in [4.78, 5) is -0.160. The van der Waals surface area contributed by atoms with E-state index in [1.807, 2.05) is 6.92 Å². The third-order valence-electron chi connectivity index (χ3n) is 2.73. The predicted octanol–water partition coefficient (Wildman–Crippen LogP) is 3.55. The minimum atomic E-state index is -3.53. The van der Waals surface area contributed by atoms with E-state index in [0.29, 0.717) is 6.42 Å². The van der Waals surface area contributed by atoms with Crippen molar-refractivity contribution in [2.75, 3.05) is 11.1 Å². The molecule has 0 fully saturated rings. The van der Waals surface area contributed by atoms with Crippen molar-refractivity contribution in [1.82, 2.24) is 0 Å². The average Bonchev–Trinajstić information content (AvgIpc) is 2.30. The lowest BCUT2D eigenvalue weighted by molar-refractivity contribution is 0.503. The largest absolute Gasteiger partial charge is 0.224 e. The maximum Gasteiger partial charge on any atom is 0.178 e. The Balaban J connectivity index is 2.77. The molecule has 1 unspecified atom stereocenters. The maximum atomic E-state index is 13.0. The normalized spacial score (nSPS) is 13.6. The second-order valence-electron chi connectivity index (χ2n) is 4.27. The zero-order valence-electron chi connectivity index (χ0n) is 10.00. The van der Waals surface area contributed by atoms with Crippen molar-refractivity contribution < 1.29 is 17.2 Å². The third kappa shape index (κ3) is 4.31. The minimum absolute atomic E-state index is 0.0494. The standard InChI is InChI=1S/C12H15BrF2O2S/c1-9(4-6-13)5-7-18(16,17)10-2-3-11(14)12(15)8-10/h2-3,8-9H,4-7H2,1H3. The molecule has 6 heteroatoms. The Morgan fingerprint density at radius 3 is 2.44 bits per heavy atom. The van der Waals surface area contributed by atoms with E-state index in [9.17, 15) is 17.2 Å². The van der Waals surface area contributed by atoms with Crippen LogP contribution in [0.1, 0.15) is 19.8 Å². The van der Waals surface area contributed by atoms with Gasteiger partial charge in [-0.15, -0.1) is 0 Å². The molecule has 0 amide bonds. The number of hydrogen-bond donors (Lipinski definition) is 0. The molecule has 1 atom stereocenters. The monoisotopic (exact) mass is 340 g/mol. The van der Waals surface area contributed by atoms with Gasteiger partial charge in [0.1, 0.15) is 0 Å². The topological polar surface area (TPSA) is 34.1 Å². The molecule has 0 aliphatic heterocycles. The van der Waals surface area contributed by atoms with Gasteiger partial charge in [-0.1, -0.05) is 22.9 Å². The van der Waals surface area contributed by atoms with E-state index in [-0.39, 0.29) is 16.6 Å². The molecule has 0 saturated heterocycles. The van der Waals surface area contributed by atoms with Crippen LogP contribution in [-0.4, -0.2) is 19.5 Å². The van der Waals surface area contributed by atoms with Crippen LogP contribution in [0.5, 0.6) is 0 Å². The third-order valence-corrected chi connectivity index (χ3v) is 4.93. The molecule has 18 heavy (non-hydrogen) atoms. The van der Waals surface area contributed by atoms with Gasteiger partial charge < -0.3 is 0 Å². The Hall–Kier alpha value is -0.490. The van der Waals surface area contributed by atoms with E-state index in [0.717, 1.165) is 30.0 Å². The Kier molecular flexibility index (Phi) is 5.72. The van der Waals surface area contributed by atoms with Crippen LogP contribution in [0, 0.1) is 17.6 Å². The molecule has 0 heterocycles. The van der Waals surface area contributed by atoms with Gasteiger partial charge in [-0.3, -0.25) is 0 Å². The molecule has 0 aliphatic carbocycles. The van der Waals surface area contributed by atoms with Crippen molar-refractivity contribution in [3.05, 3.63) is 29.8 Å². The summed E-state index contributed by atoms with van der Waals surface area (Å²) in [7, 11) is -3.53.